The van der Waals surface area contributed by atoms with Gasteiger partial charge in [-0.2, -0.15) is 0 Å². The number of amides is 2. The first kappa shape index (κ1) is 16.9. The van der Waals surface area contributed by atoms with Crippen LogP contribution < -0.4 is 15.4 Å². The molecule has 1 aliphatic rings. The first-order valence-electron chi connectivity index (χ1n) is 7.84. The molecule has 1 saturated heterocycles. The van der Waals surface area contributed by atoms with Crippen LogP contribution in [0.4, 0.5) is 8.78 Å². The first-order chi connectivity index (χ1) is 12.0. The highest BCUT2D eigenvalue weighted by atomic mass is 19.1. The van der Waals surface area contributed by atoms with Crippen LogP contribution >= 0.6 is 0 Å². The molecule has 0 aliphatic carbocycles. The SMILES string of the molecule is O=C(N[C@H]1CCCNC1=O)c1ccc(Oc2ccc(F)cc2F)cc1. The molecule has 0 aromatic heterocycles. The van der Waals surface area contributed by atoms with Crippen molar-refractivity contribution >= 4 is 11.8 Å². The molecule has 0 saturated carbocycles. The summed E-state index contributed by atoms with van der Waals surface area (Å²) < 4.78 is 31.8. The van der Waals surface area contributed by atoms with Gasteiger partial charge in [0, 0.05) is 18.2 Å². The summed E-state index contributed by atoms with van der Waals surface area (Å²) >= 11 is 0. The van der Waals surface area contributed by atoms with Crippen molar-refractivity contribution in [3.05, 3.63) is 59.7 Å². The topological polar surface area (TPSA) is 67.4 Å². The number of hydrogen-bond acceptors (Lipinski definition) is 3. The lowest BCUT2D eigenvalue weighted by Gasteiger charge is -2.22. The van der Waals surface area contributed by atoms with Gasteiger partial charge in [-0.1, -0.05) is 0 Å². The van der Waals surface area contributed by atoms with Crippen LogP contribution in [0.5, 0.6) is 11.5 Å². The van der Waals surface area contributed by atoms with Gasteiger partial charge in [0.1, 0.15) is 17.6 Å². The van der Waals surface area contributed by atoms with Gasteiger partial charge in [-0.15, -0.1) is 0 Å². The van der Waals surface area contributed by atoms with Crippen molar-refractivity contribution in [1.82, 2.24) is 10.6 Å². The Hall–Kier alpha value is -2.96. The minimum atomic E-state index is -0.815. The number of nitrogens with one attached hydrogen (secondary N) is 2. The number of ether oxygens (including phenoxy) is 1. The van der Waals surface area contributed by atoms with Crippen LogP contribution in [-0.2, 0) is 4.79 Å². The van der Waals surface area contributed by atoms with E-state index in [-0.39, 0.29) is 17.6 Å². The Morgan fingerprint density at radius 1 is 1.16 bits per heavy atom. The summed E-state index contributed by atoms with van der Waals surface area (Å²) in [6, 6.07) is 8.48. The quantitative estimate of drug-likeness (QED) is 0.895. The molecule has 1 fully saturated rings. The Labute approximate surface area is 143 Å². The lowest BCUT2D eigenvalue weighted by Crippen LogP contribution is -2.50. The maximum atomic E-state index is 13.6. The standard InChI is InChI=1S/C18H16F2N2O3/c19-12-5-8-16(14(20)10-12)25-13-6-3-11(4-7-13)17(23)22-15-2-1-9-21-18(15)24/h3-8,10,15H,1-2,9H2,(H,21,24)(H,22,23)/t15-/m0/s1. The van der Waals surface area contributed by atoms with Gasteiger partial charge in [0.25, 0.3) is 5.91 Å². The van der Waals surface area contributed by atoms with Crippen LogP contribution in [0.25, 0.3) is 0 Å². The summed E-state index contributed by atoms with van der Waals surface area (Å²) in [6.45, 7) is 0.622. The molecule has 7 heteroatoms. The highest BCUT2D eigenvalue weighted by molar-refractivity contribution is 5.97. The largest absolute Gasteiger partial charge is 0.454 e. The molecule has 1 atom stereocenters. The van der Waals surface area contributed by atoms with E-state index in [1.165, 1.54) is 30.3 Å². The smallest absolute Gasteiger partial charge is 0.251 e. The Kier molecular flexibility index (Phi) is 4.92. The predicted octanol–water partition coefficient (Wildman–Crippen LogP) is 2.77. The zero-order valence-electron chi connectivity index (χ0n) is 13.2. The van der Waals surface area contributed by atoms with Gasteiger partial charge in [0.15, 0.2) is 11.6 Å². The maximum Gasteiger partial charge on any atom is 0.251 e. The number of carbonyl (C=O) groups is 2. The lowest BCUT2D eigenvalue weighted by atomic mass is 10.1. The number of benzene rings is 2. The molecule has 1 aliphatic heterocycles. The van der Waals surface area contributed by atoms with Gasteiger partial charge in [0.05, 0.1) is 0 Å². The Balaban J connectivity index is 1.65. The van der Waals surface area contributed by atoms with Crippen molar-refractivity contribution in [2.24, 2.45) is 0 Å². The molecule has 0 spiro atoms. The second kappa shape index (κ2) is 7.29. The van der Waals surface area contributed by atoms with Crippen molar-refractivity contribution < 1.29 is 23.1 Å². The zero-order chi connectivity index (χ0) is 17.8. The number of hydrogen-bond donors (Lipinski definition) is 2. The fraction of sp³-hybridized carbons (Fsp3) is 0.222. The second-order valence-electron chi connectivity index (χ2n) is 5.66. The number of halogens is 2. The van der Waals surface area contributed by atoms with Crippen LogP contribution in [0, 0.1) is 11.6 Å². The fourth-order valence-corrected chi connectivity index (χ4v) is 2.51. The predicted molar refractivity (Wildman–Crippen MR) is 86.4 cm³/mol. The van der Waals surface area contributed by atoms with Gasteiger partial charge >= 0.3 is 0 Å². The van der Waals surface area contributed by atoms with Gasteiger partial charge in [-0.25, -0.2) is 8.78 Å². The number of piperidine rings is 1. The van der Waals surface area contributed by atoms with E-state index in [2.05, 4.69) is 10.6 Å². The highest BCUT2D eigenvalue weighted by Crippen LogP contribution is 2.25. The molecule has 5 nitrogen and oxygen atoms in total. The molecule has 1 heterocycles. The minimum absolute atomic E-state index is 0.113. The molecule has 3 rings (SSSR count). The molecule has 2 aromatic carbocycles. The molecule has 25 heavy (non-hydrogen) atoms. The van der Waals surface area contributed by atoms with E-state index < -0.39 is 17.7 Å². The van der Waals surface area contributed by atoms with Crippen LogP contribution in [0.15, 0.2) is 42.5 Å². The summed E-state index contributed by atoms with van der Waals surface area (Å²) in [5.74, 6) is -1.88. The van der Waals surface area contributed by atoms with Gasteiger partial charge < -0.3 is 15.4 Å². The van der Waals surface area contributed by atoms with Crippen molar-refractivity contribution in [2.45, 2.75) is 18.9 Å². The molecule has 0 radical (unpaired) electrons. The van der Waals surface area contributed by atoms with E-state index in [1.54, 1.807) is 0 Å². The summed E-state index contributed by atoms with van der Waals surface area (Å²) in [5.41, 5.74) is 0.352. The third-order valence-corrected chi connectivity index (χ3v) is 3.83. The van der Waals surface area contributed by atoms with Crippen LogP contribution in [0.2, 0.25) is 0 Å². The summed E-state index contributed by atoms with van der Waals surface area (Å²) in [7, 11) is 0. The van der Waals surface area contributed by atoms with E-state index in [9.17, 15) is 18.4 Å². The summed E-state index contributed by atoms with van der Waals surface area (Å²) in [4.78, 5) is 23.9. The normalized spacial score (nSPS) is 16.9. The van der Waals surface area contributed by atoms with Crippen molar-refractivity contribution in [2.75, 3.05) is 6.54 Å². The van der Waals surface area contributed by atoms with Crippen LogP contribution in [0.1, 0.15) is 23.2 Å². The Morgan fingerprint density at radius 3 is 2.60 bits per heavy atom. The molecule has 0 bridgehead atoms. The highest BCUT2D eigenvalue weighted by Gasteiger charge is 2.23. The zero-order valence-corrected chi connectivity index (χ0v) is 13.2. The van der Waals surface area contributed by atoms with E-state index in [0.29, 0.717) is 24.3 Å². The average molecular weight is 346 g/mol. The molecule has 130 valence electrons. The van der Waals surface area contributed by atoms with Crippen molar-refractivity contribution in [3.8, 4) is 11.5 Å². The second-order valence-corrected chi connectivity index (χ2v) is 5.66. The third kappa shape index (κ3) is 4.12. The summed E-state index contributed by atoms with van der Waals surface area (Å²) in [6.07, 6.45) is 1.41. The maximum absolute atomic E-state index is 13.6. The third-order valence-electron chi connectivity index (χ3n) is 3.83. The molecule has 2 aromatic rings. The molecule has 2 amide bonds. The number of rotatable bonds is 4. The van der Waals surface area contributed by atoms with E-state index in [4.69, 9.17) is 4.74 Å². The van der Waals surface area contributed by atoms with Gasteiger partial charge in [0.2, 0.25) is 5.91 Å². The van der Waals surface area contributed by atoms with E-state index >= 15 is 0 Å². The van der Waals surface area contributed by atoms with Gasteiger partial charge in [-0.05, 0) is 49.2 Å². The van der Waals surface area contributed by atoms with Crippen LogP contribution in [-0.4, -0.2) is 24.4 Å². The minimum Gasteiger partial charge on any atom is -0.454 e. The summed E-state index contributed by atoms with van der Waals surface area (Å²) in [5, 5.41) is 5.37. The van der Waals surface area contributed by atoms with Crippen molar-refractivity contribution in [1.29, 1.82) is 0 Å². The molecular formula is C18H16F2N2O3. The first-order valence-corrected chi connectivity index (χ1v) is 7.84. The lowest BCUT2D eigenvalue weighted by molar-refractivity contribution is -0.124. The van der Waals surface area contributed by atoms with Crippen molar-refractivity contribution in [3.63, 3.8) is 0 Å². The Morgan fingerprint density at radius 2 is 1.92 bits per heavy atom. The average Bonchev–Trinajstić information content (AvgIpc) is 2.60. The van der Waals surface area contributed by atoms with Crippen LogP contribution in [0.3, 0.4) is 0 Å². The molecule has 2 N–H and O–H groups in total. The number of carbonyl (C=O) groups excluding carboxylic acids is 2. The fourth-order valence-electron chi connectivity index (χ4n) is 2.51. The Bertz CT molecular complexity index is 793. The monoisotopic (exact) mass is 346 g/mol. The van der Waals surface area contributed by atoms with E-state index in [1.807, 2.05) is 0 Å². The molecular weight excluding hydrogens is 330 g/mol. The van der Waals surface area contributed by atoms with Gasteiger partial charge in [-0.3, -0.25) is 9.59 Å². The molecule has 0 unspecified atom stereocenters. The van der Waals surface area contributed by atoms with E-state index in [0.717, 1.165) is 18.6 Å².